The molecule has 0 aliphatic rings. The van der Waals surface area contributed by atoms with Gasteiger partial charge < -0.3 is 32.9 Å². The number of benzene rings is 5. The van der Waals surface area contributed by atoms with E-state index in [2.05, 4.69) is 124 Å². The van der Waals surface area contributed by atoms with E-state index in [-0.39, 0.29) is 20.4 Å². The quantitative estimate of drug-likeness (QED) is 0.0914. The number of nitrogens with zero attached hydrogens (tertiary/aromatic N) is 2. The topological polar surface area (TPSA) is 73.6 Å². The number of nitrogen functional groups attached to an aromatic ring is 1. The van der Waals surface area contributed by atoms with Crippen molar-refractivity contribution in [3.8, 4) is 12.1 Å². The molecule has 0 saturated carbocycles. The van der Waals surface area contributed by atoms with Crippen LogP contribution in [0, 0.1) is 49.8 Å². The zero-order valence-electron chi connectivity index (χ0n) is 23.4. The zero-order valence-corrected chi connectivity index (χ0v) is 26.8. The zero-order chi connectivity index (χ0) is 30.1. The number of nitriles is 2. The van der Waals surface area contributed by atoms with Gasteiger partial charge in [-0.1, -0.05) is 161 Å². The smallest absolute Gasteiger partial charge is 0.0313 e. The van der Waals surface area contributed by atoms with Gasteiger partial charge in [-0.3, -0.25) is 0 Å². The van der Waals surface area contributed by atoms with Crippen molar-refractivity contribution in [2.24, 2.45) is 0 Å². The average molecular weight is 678 g/mol. The summed E-state index contributed by atoms with van der Waals surface area (Å²) in [6.45, 7) is 14.1. The van der Waals surface area contributed by atoms with E-state index in [4.69, 9.17) is 16.3 Å². The first-order chi connectivity index (χ1) is 20.0. The van der Waals surface area contributed by atoms with Crippen molar-refractivity contribution in [1.29, 1.82) is 10.5 Å². The molecule has 0 saturated heterocycles. The predicted molar refractivity (Wildman–Crippen MR) is 182 cm³/mol. The molecule has 0 aliphatic heterocycles. The number of hydrogen-bond acceptors (Lipinski definition) is 3. The van der Waals surface area contributed by atoms with Gasteiger partial charge >= 0.3 is 0 Å². The van der Waals surface area contributed by atoms with Gasteiger partial charge in [-0.15, -0.1) is 12.1 Å². The fourth-order valence-electron chi connectivity index (χ4n) is 3.18. The molecule has 0 heterocycles. The van der Waals surface area contributed by atoms with Crippen LogP contribution in [0.5, 0.6) is 0 Å². The van der Waals surface area contributed by atoms with Crippen molar-refractivity contribution < 1.29 is 20.4 Å². The number of para-hydroxylation sites is 1. The maximum Gasteiger partial charge on any atom is 0.0313 e. The molecule has 0 bridgehead atoms. The van der Waals surface area contributed by atoms with Crippen LogP contribution in [0.15, 0.2) is 152 Å². The summed E-state index contributed by atoms with van der Waals surface area (Å²) in [6.07, 6.45) is 0. The summed E-state index contributed by atoms with van der Waals surface area (Å²) in [6, 6.07) is 54.3. The Labute approximate surface area is 269 Å². The molecule has 2 N–H and O–H groups in total. The van der Waals surface area contributed by atoms with Gasteiger partial charge in [0.15, 0.2) is 0 Å². The number of nitrogens with two attached hydrogens (primary N) is 1. The standard InChI is InChI=1S/2C13H12P.C6H7N.2C2H2N.Pd/c2*1-14(12-8-4-2-5-9-12)13-10-6-3-7-11-13;7-6-4-2-1-3-5-6;2*1-2-3;/h2*2-11H,1H2;1-5H,7H2;2*1H2;/q2*-1;;2*-1;. The van der Waals surface area contributed by atoms with E-state index in [0.717, 1.165) is 5.69 Å². The maximum absolute atomic E-state index is 7.21. The van der Waals surface area contributed by atoms with Crippen LogP contribution >= 0.6 is 15.8 Å². The molecule has 3 nitrogen and oxygen atoms in total. The summed E-state index contributed by atoms with van der Waals surface area (Å²) in [5.74, 6) is 0. The summed E-state index contributed by atoms with van der Waals surface area (Å²) in [5.41, 5.74) is 6.18. The van der Waals surface area contributed by atoms with Gasteiger partial charge in [-0.25, -0.2) is 26.4 Å². The minimum absolute atomic E-state index is 0. The molecule has 0 spiro atoms. The Balaban J connectivity index is 0.000000563. The molecule has 218 valence electrons. The molecule has 6 heteroatoms. The van der Waals surface area contributed by atoms with E-state index >= 15 is 0 Å². The minimum Gasteiger partial charge on any atom is -0.399 e. The molecule has 0 aliphatic carbocycles. The third-order valence-electron chi connectivity index (χ3n) is 5.07. The van der Waals surface area contributed by atoms with Gasteiger partial charge in [0.2, 0.25) is 0 Å². The number of hydrogen-bond donors (Lipinski definition) is 1. The Bertz CT molecular complexity index is 1220. The van der Waals surface area contributed by atoms with Crippen molar-refractivity contribution in [2.75, 3.05) is 5.73 Å². The minimum atomic E-state index is -0.421. The van der Waals surface area contributed by atoms with E-state index in [1.807, 2.05) is 54.6 Å². The van der Waals surface area contributed by atoms with Gasteiger partial charge in [0.25, 0.3) is 0 Å². The van der Waals surface area contributed by atoms with Crippen LogP contribution < -0.4 is 27.0 Å². The molecule has 5 aromatic carbocycles. The molecule has 42 heavy (non-hydrogen) atoms. The third kappa shape index (κ3) is 16.4. The SMILES string of the molecule is Nc1ccccc1.[CH2-]C#N.[CH2-]C#N.[CH2-]P(c1ccccc1)c1ccccc1.[CH2-]P(c1ccccc1)c1ccccc1.[Pd]. The molecular weight excluding hydrogens is 643 g/mol. The largest absolute Gasteiger partial charge is 0.399 e. The van der Waals surface area contributed by atoms with Gasteiger partial charge in [0, 0.05) is 26.1 Å². The van der Waals surface area contributed by atoms with Crippen molar-refractivity contribution in [2.45, 2.75) is 0 Å². The molecule has 0 fully saturated rings. The van der Waals surface area contributed by atoms with Gasteiger partial charge in [-0.2, -0.15) is 0 Å². The molecule has 0 aromatic heterocycles. The summed E-state index contributed by atoms with van der Waals surface area (Å²) >= 11 is 0. The Kier molecular flexibility index (Phi) is 22.6. The average Bonchev–Trinajstić information content (AvgIpc) is 3.04. The van der Waals surface area contributed by atoms with Gasteiger partial charge in [0.05, 0.1) is 0 Å². The second kappa shape index (κ2) is 24.9. The molecule has 0 amide bonds. The first-order valence-electron chi connectivity index (χ1n) is 12.5. The molecule has 5 aromatic rings. The normalized spacial score (nSPS) is 8.71. The van der Waals surface area contributed by atoms with E-state index < -0.39 is 15.8 Å². The summed E-state index contributed by atoms with van der Waals surface area (Å²) in [7, 11) is -0.842. The molecule has 5 rings (SSSR count). The first kappa shape index (κ1) is 38.1. The number of anilines is 1. The summed E-state index contributed by atoms with van der Waals surface area (Å²) in [4.78, 5) is 0. The van der Waals surface area contributed by atoms with E-state index in [9.17, 15) is 0 Å². The van der Waals surface area contributed by atoms with Crippen molar-refractivity contribution in [3.63, 3.8) is 0 Å². The van der Waals surface area contributed by atoms with Crippen molar-refractivity contribution in [1.82, 2.24) is 0 Å². The fraction of sp³-hybridized carbons (Fsp3) is 0. The van der Waals surface area contributed by atoms with Crippen LogP contribution in [0.1, 0.15) is 0 Å². The molecule has 0 radical (unpaired) electrons. The Morgan fingerprint density at radius 2 is 0.595 bits per heavy atom. The second-order valence-corrected chi connectivity index (χ2v) is 11.7. The van der Waals surface area contributed by atoms with Crippen molar-refractivity contribution >= 4 is 42.7 Å². The van der Waals surface area contributed by atoms with E-state index in [1.165, 1.54) is 33.4 Å². The van der Waals surface area contributed by atoms with Crippen LogP contribution in [-0.2, 0) is 20.4 Å². The van der Waals surface area contributed by atoms with E-state index in [0.29, 0.717) is 0 Å². The second-order valence-electron chi connectivity index (χ2n) is 7.93. The van der Waals surface area contributed by atoms with Gasteiger partial charge in [0.1, 0.15) is 0 Å². The summed E-state index contributed by atoms with van der Waals surface area (Å²) in [5, 5.41) is 19.7. The predicted octanol–water partition coefficient (Wildman–Crippen LogP) is 7.78. The molecular formula is C36H35N3P2Pd-4. The van der Waals surface area contributed by atoms with E-state index in [1.54, 1.807) is 0 Å². The van der Waals surface area contributed by atoms with Crippen LogP contribution in [0.2, 0.25) is 0 Å². The maximum atomic E-state index is 7.21. The van der Waals surface area contributed by atoms with Crippen LogP contribution in [0.3, 0.4) is 0 Å². The van der Waals surface area contributed by atoms with Gasteiger partial charge in [-0.05, 0) is 12.1 Å². The van der Waals surface area contributed by atoms with Crippen LogP contribution in [-0.4, -0.2) is 0 Å². The Morgan fingerprint density at radius 1 is 0.429 bits per heavy atom. The first-order valence-corrected chi connectivity index (χ1v) is 15.6. The van der Waals surface area contributed by atoms with Crippen molar-refractivity contribution in [3.05, 3.63) is 179 Å². The van der Waals surface area contributed by atoms with Crippen LogP contribution in [0.25, 0.3) is 0 Å². The Hall–Kier alpha value is -3.86. The monoisotopic (exact) mass is 677 g/mol. The number of rotatable bonds is 4. The fourth-order valence-corrected chi connectivity index (χ4v) is 5.91. The molecule has 0 unspecified atom stereocenters. The van der Waals surface area contributed by atoms with Crippen LogP contribution in [0.4, 0.5) is 5.69 Å². The Morgan fingerprint density at radius 3 is 0.738 bits per heavy atom. The summed E-state index contributed by atoms with van der Waals surface area (Å²) < 4.78 is 0. The third-order valence-corrected chi connectivity index (χ3v) is 8.76. The molecule has 0 atom stereocenters.